The second-order valence-corrected chi connectivity index (χ2v) is 19.7. The van der Waals surface area contributed by atoms with Gasteiger partial charge in [-0.3, -0.25) is 9.59 Å². The number of hydrogen-bond donors (Lipinski definition) is 1. The number of esters is 2. The molecule has 5 heteroatoms. The van der Waals surface area contributed by atoms with Gasteiger partial charge in [-0.25, -0.2) is 0 Å². The van der Waals surface area contributed by atoms with E-state index in [1.165, 1.54) is 116 Å². The fourth-order valence-electron chi connectivity index (χ4n) is 8.08. The highest BCUT2D eigenvalue weighted by Gasteiger charge is 2.16. The van der Waals surface area contributed by atoms with Crippen molar-refractivity contribution in [3.8, 4) is 0 Å². The van der Waals surface area contributed by atoms with E-state index in [1.54, 1.807) is 0 Å². The molecule has 1 unspecified atom stereocenters. The average Bonchev–Trinajstić information content (AvgIpc) is 3.40. The van der Waals surface area contributed by atoms with E-state index in [2.05, 4.69) is 160 Å². The topological polar surface area (TPSA) is 72.8 Å². The maximum Gasteiger partial charge on any atom is 0.306 e. The van der Waals surface area contributed by atoms with E-state index in [-0.39, 0.29) is 25.2 Å². The molecule has 0 spiro atoms. The second kappa shape index (κ2) is 63.1. The van der Waals surface area contributed by atoms with Gasteiger partial charge in [0.2, 0.25) is 0 Å². The second-order valence-electron chi connectivity index (χ2n) is 19.7. The molecule has 0 aliphatic rings. The molecule has 0 bridgehead atoms. The van der Waals surface area contributed by atoms with Crippen molar-refractivity contribution in [3.63, 3.8) is 0 Å². The monoisotopic (exact) mass is 1020 g/mol. The summed E-state index contributed by atoms with van der Waals surface area (Å²) in [4.78, 5) is 24.6. The minimum absolute atomic E-state index is 0.0809. The Morgan fingerprint density at radius 3 is 0.878 bits per heavy atom. The summed E-state index contributed by atoms with van der Waals surface area (Å²) in [7, 11) is 0. The lowest BCUT2D eigenvalue weighted by molar-refractivity contribution is -0.161. The van der Waals surface area contributed by atoms with E-state index in [9.17, 15) is 14.7 Å². The summed E-state index contributed by atoms with van der Waals surface area (Å²) in [6.45, 7) is 4.01. The molecular formula is C69H112O5. The van der Waals surface area contributed by atoms with Crippen LogP contribution < -0.4 is 0 Å². The van der Waals surface area contributed by atoms with Crippen molar-refractivity contribution >= 4 is 11.9 Å². The van der Waals surface area contributed by atoms with Gasteiger partial charge in [-0.1, -0.05) is 269 Å². The van der Waals surface area contributed by atoms with Gasteiger partial charge in [0.15, 0.2) is 6.10 Å². The number of hydrogen-bond acceptors (Lipinski definition) is 5. The van der Waals surface area contributed by atoms with Crippen LogP contribution in [0.3, 0.4) is 0 Å². The van der Waals surface area contributed by atoms with Gasteiger partial charge in [-0.05, 0) is 122 Å². The third-order valence-corrected chi connectivity index (χ3v) is 12.6. The van der Waals surface area contributed by atoms with Gasteiger partial charge in [0.1, 0.15) is 6.61 Å². The van der Waals surface area contributed by atoms with Crippen molar-refractivity contribution in [1.82, 2.24) is 0 Å². The fourth-order valence-corrected chi connectivity index (χ4v) is 8.08. The Balaban J connectivity index is 3.60. The van der Waals surface area contributed by atoms with E-state index >= 15 is 0 Å². The van der Waals surface area contributed by atoms with E-state index < -0.39 is 6.10 Å². The number of carbonyl (C=O) groups excluding carboxylic acids is 2. The number of ether oxygens (including phenoxy) is 2. The van der Waals surface area contributed by atoms with Crippen molar-refractivity contribution in [2.45, 2.75) is 264 Å². The molecule has 0 heterocycles. The summed E-state index contributed by atoms with van der Waals surface area (Å²) < 4.78 is 10.7. The molecule has 0 aliphatic heterocycles. The lowest BCUT2D eigenvalue weighted by Gasteiger charge is -2.15. The fraction of sp³-hybridized carbons (Fsp3) is 0.623. The first-order chi connectivity index (χ1) is 36.6. The van der Waals surface area contributed by atoms with Crippen LogP contribution in [0.2, 0.25) is 0 Å². The Kier molecular flexibility index (Phi) is 59.5. The Hall–Kier alpha value is -4.22. The smallest absolute Gasteiger partial charge is 0.306 e. The lowest BCUT2D eigenvalue weighted by atomic mass is 10.1. The third-order valence-electron chi connectivity index (χ3n) is 12.6. The van der Waals surface area contributed by atoms with Crippen molar-refractivity contribution in [2.24, 2.45) is 0 Å². The molecule has 74 heavy (non-hydrogen) atoms. The molecule has 0 saturated heterocycles. The zero-order chi connectivity index (χ0) is 53.4. The summed E-state index contributed by atoms with van der Waals surface area (Å²) in [5.41, 5.74) is 0. The summed E-state index contributed by atoms with van der Waals surface area (Å²) in [6.07, 6.45) is 95.3. The molecule has 0 saturated carbocycles. The van der Waals surface area contributed by atoms with Crippen molar-refractivity contribution < 1.29 is 24.2 Å². The number of carbonyl (C=O) groups is 2. The largest absolute Gasteiger partial charge is 0.462 e. The molecule has 0 aromatic rings. The first-order valence-electron chi connectivity index (χ1n) is 30.4. The Morgan fingerprint density at radius 1 is 0.324 bits per heavy atom. The average molecular weight is 1020 g/mol. The van der Waals surface area contributed by atoms with Gasteiger partial charge in [0, 0.05) is 12.8 Å². The standard InChI is InChI=1S/C69H112O5/c1-3-5-7-9-11-13-15-17-19-21-23-25-27-29-30-31-32-33-34-35-36-37-38-40-42-44-46-48-50-52-54-56-58-60-62-64-69(72)74-67(65-70)66-73-68(71)63-61-59-57-55-53-51-49-47-45-43-41-39-28-26-24-22-20-18-16-14-12-10-8-6-4-2/h5,7,11,13,16-19,22-25,28-30,32-33,35-36,38-40,44,46,67,70H,3-4,6,8-10,12,14-15,20-21,26-27,31,34,37,41-43,45,47-66H2,1-2H3/b7-5-,13-11-,18-16-,19-17-,24-22-,25-23-,30-29-,33-32-,36-35-,39-28-,40-38-,46-44-. The molecule has 0 amide bonds. The molecule has 418 valence electrons. The molecule has 0 fully saturated rings. The summed E-state index contributed by atoms with van der Waals surface area (Å²) in [5, 5.41) is 9.67. The van der Waals surface area contributed by atoms with Gasteiger partial charge < -0.3 is 14.6 Å². The van der Waals surface area contributed by atoms with Crippen LogP contribution in [0.4, 0.5) is 0 Å². The number of allylic oxidation sites excluding steroid dienone is 24. The predicted molar refractivity (Wildman–Crippen MR) is 324 cm³/mol. The molecule has 0 radical (unpaired) electrons. The molecular weight excluding hydrogens is 909 g/mol. The zero-order valence-electron chi connectivity index (χ0n) is 47.8. The van der Waals surface area contributed by atoms with Crippen LogP contribution in [0.25, 0.3) is 0 Å². The Labute approximate surface area is 457 Å². The molecule has 0 aromatic carbocycles. The number of aliphatic hydroxyl groups excluding tert-OH is 1. The van der Waals surface area contributed by atoms with E-state index in [0.717, 1.165) is 116 Å². The first-order valence-corrected chi connectivity index (χ1v) is 30.4. The first kappa shape index (κ1) is 69.8. The van der Waals surface area contributed by atoms with E-state index in [0.29, 0.717) is 12.8 Å². The molecule has 0 aromatic heterocycles. The zero-order valence-corrected chi connectivity index (χ0v) is 47.8. The van der Waals surface area contributed by atoms with Crippen LogP contribution in [-0.2, 0) is 19.1 Å². The number of unbranched alkanes of at least 4 members (excludes halogenated alkanes) is 22. The van der Waals surface area contributed by atoms with Crippen LogP contribution >= 0.6 is 0 Å². The van der Waals surface area contributed by atoms with E-state index in [1.807, 2.05) is 0 Å². The van der Waals surface area contributed by atoms with Crippen LogP contribution in [0.15, 0.2) is 146 Å². The van der Waals surface area contributed by atoms with Crippen LogP contribution in [0.1, 0.15) is 258 Å². The molecule has 5 nitrogen and oxygen atoms in total. The summed E-state index contributed by atoms with van der Waals surface area (Å²) >= 11 is 0. The number of rotatable bonds is 54. The Bertz CT molecular complexity index is 1580. The Morgan fingerprint density at radius 2 is 0.581 bits per heavy atom. The highest BCUT2D eigenvalue weighted by atomic mass is 16.6. The summed E-state index contributed by atoms with van der Waals surface area (Å²) in [5.74, 6) is -0.614. The van der Waals surface area contributed by atoms with Gasteiger partial charge in [-0.15, -0.1) is 0 Å². The third kappa shape index (κ3) is 60.3. The van der Waals surface area contributed by atoms with Crippen molar-refractivity contribution in [1.29, 1.82) is 0 Å². The van der Waals surface area contributed by atoms with Crippen molar-refractivity contribution in [3.05, 3.63) is 146 Å². The minimum Gasteiger partial charge on any atom is -0.462 e. The van der Waals surface area contributed by atoms with Gasteiger partial charge in [0.05, 0.1) is 6.61 Å². The van der Waals surface area contributed by atoms with Crippen LogP contribution in [0.5, 0.6) is 0 Å². The minimum atomic E-state index is -0.792. The highest BCUT2D eigenvalue weighted by Crippen LogP contribution is 2.14. The van der Waals surface area contributed by atoms with E-state index in [4.69, 9.17) is 9.47 Å². The molecule has 1 atom stereocenters. The maximum atomic E-state index is 12.3. The van der Waals surface area contributed by atoms with Crippen LogP contribution in [0, 0.1) is 0 Å². The molecule has 1 N–H and O–H groups in total. The van der Waals surface area contributed by atoms with Crippen molar-refractivity contribution in [2.75, 3.05) is 13.2 Å². The van der Waals surface area contributed by atoms with Gasteiger partial charge in [-0.2, -0.15) is 0 Å². The normalized spacial score (nSPS) is 13.3. The maximum absolute atomic E-state index is 12.3. The lowest BCUT2D eigenvalue weighted by Crippen LogP contribution is -2.28. The SMILES string of the molecule is CC/C=C\C/C=C\C/C=C\C/C=C\C/C=C\C/C=C\C/C=C\C/C=C\C/C=C\CCCCCCCCCC(=O)OC(CO)COC(=O)CCCCCCCCCCCC/C=C\C/C=C\C/C=C\CCCCCCC. The van der Waals surface area contributed by atoms with Crippen LogP contribution in [-0.4, -0.2) is 36.4 Å². The summed E-state index contributed by atoms with van der Waals surface area (Å²) in [6, 6.07) is 0. The van der Waals surface area contributed by atoms with Gasteiger partial charge >= 0.3 is 11.9 Å². The quantitative estimate of drug-likeness (QED) is 0.0373. The molecule has 0 aliphatic carbocycles. The number of aliphatic hydroxyl groups is 1. The van der Waals surface area contributed by atoms with Gasteiger partial charge in [0.25, 0.3) is 0 Å². The highest BCUT2D eigenvalue weighted by molar-refractivity contribution is 5.70. The predicted octanol–water partition coefficient (Wildman–Crippen LogP) is 21.0. The molecule has 0 rings (SSSR count).